The summed E-state index contributed by atoms with van der Waals surface area (Å²) in [5, 5.41) is 0. The molecule has 0 aromatic heterocycles. The molecule has 2 aromatic carbocycles. The van der Waals surface area contributed by atoms with Gasteiger partial charge in [-0.05, 0) is 35.4 Å². The van der Waals surface area contributed by atoms with Gasteiger partial charge in [0.2, 0.25) is 0 Å². The summed E-state index contributed by atoms with van der Waals surface area (Å²) in [6, 6.07) is 9.33. The van der Waals surface area contributed by atoms with Crippen molar-refractivity contribution in [1.82, 2.24) is 0 Å². The lowest BCUT2D eigenvalue weighted by Gasteiger charge is -2.09. The number of nitrogens with two attached hydrogens (primary N) is 1. The summed E-state index contributed by atoms with van der Waals surface area (Å²) < 4.78 is 50.5. The van der Waals surface area contributed by atoms with Crippen LogP contribution in [-0.4, -0.2) is 0 Å². The first kappa shape index (κ1) is 12.4. The molecule has 5 heteroatoms. The van der Waals surface area contributed by atoms with Crippen molar-refractivity contribution in [1.29, 1.82) is 0 Å². The predicted octanol–water partition coefficient (Wildman–Crippen LogP) is 4.09. The molecule has 0 radical (unpaired) electrons. The topological polar surface area (TPSA) is 26.0 Å². The normalized spacial score (nSPS) is 11.6. The molecule has 0 amide bonds. The van der Waals surface area contributed by atoms with Crippen LogP contribution in [0, 0.1) is 5.82 Å². The Morgan fingerprint density at radius 2 is 1.56 bits per heavy atom. The van der Waals surface area contributed by atoms with Crippen LogP contribution in [0.15, 0.2) is 42.5 Å². The Kier molecular flexibility index (Phi) is 2.98. The standard InChI is InChI=1S/C13H9F4N/c14-12-7-9(4-5-11(12)13(15,16)17)8-2-1-3-10(18)6-8/h1-7H,18H2. The Labute approximate surface area is 101 Å². The smallest absolute Gasteiger partial charge is 0.399 e. The average molecular weight is 255 g/mol. The fourth-order valence-corrected chi connectivity index (χ4v) is 1.64. The van der Waals surface area contributed by atoms with Gasteiger partial charge >= 0.3 is 6.18 Å². The predicted molar refractivity (Wildman–Crippen MR) is 61.3 cm³/mol. The molecule has 2 rings (SSSR count). The second kappa shape index (κ2) is 4.33. The maximum absolute atomic E-state index is 13.4. The van der Waals surface area contributed by atoms with Crippen LogP contribution in [0.5, 0.6) is 0 Å². The summed E-state index contributed by atoms with van der Waals surface area (Å²) in [5.41, 5.74) is 5.68. The number of halogens is 4. The molecular weight excluding hydrogens is 246 g/mol. The number of anilines is 1. The zero-order valence-corrected chi connectivity index (χ0v) is 9.13. The van der Waals surface area contributed by atoms with Gasteiger partial charge in [-0.1, -0.05) is 18.2 Å². The van der Waals surface area contributed by atoms with Gasteiger partial charge < -0.3 is 5.73 Å². The highest BCUT2D eigenvalue weighted by Gasteiger charge is 2.33. The number of rotatable bonds is 1. The summed E-state index contributed by atoms with van der Waals surface area (Å²) in [6.07, 6.45) is -4.68. The largest absolute Gasteiger partial charge is 0.419 e. The van der Waals surface area contributed by atoms with E-state index in [9.17, 15) is 17.6 Å². The van der Waals surface area contributed by atoms with E-state index in [2.05, 4.69) is 0 Å². The molecule has 0 aliphatic carbocycles. The second-order valence-electron chi connectivity index (χ2n) is 3.82. The average Bonchev–Trinajstić information content (AvgIpc) is 2.27. The molecule has 0 aliphatic rings. The molecule has 0 bridgehead atoms. The summed E-state index contributed by atoms with van der Waals surface area (Å²) in [7, 11) is 0. The number of nitrogen functional groups attached to an aromatic ring is 1. The lowest BCUT2D eigenvalue weighted by molar-refractivity contribution is -0.139. The van der Waals surface area contributed by atoms with Crippen LogP contribution in [0.4, 0.5) is 23.2 Å². The van der Waals surface area contributed by atoms with Crippen molar-refractivity contribution in [3.63, 3.8) is 0 Å². The van der Waals surface area contributed by atoms with Crippen LogP contribution in [0.2, 0.25) is 0 Å². The summed E-state index contributed by atoms with van der Waals surface area (Å²) >= 11 is 0. The van der Waals surface area contributed by atoms with E-state index >= 15 is 0 Å². The van der Waals surface area contributed by atoms with Crippen molar-refractivity contribution in [2.24, 2.45) is 0 Å². The van der Waals surface area contributed by atoms with Gasteiger partial charge in [-0.15, -0.1) is 0 Å². The van der Waals surface area contributed by atoms with Crippen LogP contribution in [-0.2, 0) is 6.18 Å². The van der Waals surface area contributed by atoms with E-state index in [0.29, 0.717) is 16.8 Å². The molecule has 0 spiro atoms. The molecule has 0 saturated carbocycles. The minimum Gasteiger partial charge on any atom is -0.399 e. The lowest BCUT2D eigenvalue weighted by Crippen LogP contribution is -2.07. The maximum Gasteiger partial charge on any atom is 0.419 e. The van der Waals surface area contributed by atoms with E-state index in [0.717, 1.165) is 12.1 Å². The van der Waals surface area contributed by atoms with E-state index in [1.165, 1.54) is 6.07 Å². The molecule has 0 atom stereocenters. The maximum atomic E-state index is 13.4. The quantitative estimate of drug-likeness (QED) is 0.602. The lowest BCUT2D eigenvalue weighted by atomic mass is 10.0. The van der Waals surface area contributed by atoms with Crippen LogP contribution in [0.25, 0.3) is 11.1 Å². The highest BCUT2D eigenvalue weighted by molar-refractivity contribution is 5.67. The first-order valence-electron chi connectivity index (χ1n) is 5.10. The minimum atomic E-state index is -4.68. The first-order chi connectivity index (χ1) is 8.38. The van der Waals surface area contributed by atoms with Crippen molar-refractivity contribution in [2.75, 3.05) is 5.73 Å². The molecule has 0 heterocycles. The molecule has 0 saturated heterocycles. The number of hydrogen-bond donors (Lipinski definition) is 1. The van der Waals surface area contributed by atoms with Crippen LogP contribution in [0.3, 0.4) is 0 Å². The van der Waals surface area contributed by atoms with E-state index in [1.54, 1.807) is 24.3 Å². The fraction of sp³-hybridized carbons (Fsp3) is 0.0769. The van der Waals surface area contributed by atoms with Gasteiger partial charge in [-0.25, -0.2) is 4.39 Å². The van der Waals surface area contributed by atoms with E-state index < -0.39 is 17.6 Å². The molecule has 0 fully saturated rings. The highest BCUT2D eigenvalue weighted by Crippen LogP contribution is 2.33. The fourth-order valence-electron chi connectivity index (χ4n) is 1.64. The molecule has 2 aromatic rings. The number of benzene rings is 2. The van der Waals surface area contributed by atoms with Crippen molar-refractivity contribution in [3.05, 3.63) is 53.8 Å². The van der Waals surface area contributed by atoms with E-state index in [1.807, 2.05) is 0 Å². The Balaban J connectivity index is 2.47. The van der Waals surface area contributed by atoms with Crippen LogP contribution >= 0.6 is 0 Å². The number of alkyl halides is 3. The van der Waals surface area contributed by atoms with Crippen molar-refractivity contribution in [3.8, 4) is 11.1 Å². The van der Waals surface area contributed by atoms with Gasteiger partial charge in [0, 0.05) is 5.69 Å². The zero-order valence-electron chi connectivity index (χ0n) is 9.13. The van der Waals surface area contributed by atoms with E-state index in [-0.39, 0.29) is 0 Å². The molecular formula is C13H9F4N. The van der Waals surface area contributed by atoms with Gasteiger partial charge in [-0.3, -0.25) is 0 Å². The summed E-state index contributed by atoms with van der Waals surface area (Å²) in [6.45, 7) is 0. The zero-order chi connectivity index (χ0) is 13.3. The minimum absolute atomic E-state index is 0.354. The molecule has 1 nitrogen and oxygen atoms in total. The van der Waals surface area contributed by atoms with Gasteiger partial charge in [0.1, 0.15) is 5.82 Å². The third kappa shape index (κ3) is 2.45. The van der Waals surface area contributed by atoms with Gasteiger partial charge in [0.15, 0.2) is 0 Å². The SMILES string of the molecule is Nc1cccc(-c2ccc(C(F)(F)F)c(F)c2)c1. The summed E-state index contributed by atoms with van der Waals surface area (Å²) in [5.74, 6) is -1.29. The molecule has 0 unspecified atom stereocenters. The first-order valence-corrected chi connectivity index (χ1v) is 5.10. The molecule has 94 valence electrons. The highest BCUT2D eigenvalue weighted by atomic mass is 19.4. The van der Waals surface area contributed by atoms with Gasteiger partial charge in [0.25, 0.3) is 0 Å². The molecule has 18 heavy (non-hydrogen) atoms. The Bertz CT molecular complexity index is 575. The van der Waals surface area contributed by atoms with Crippen LogP contribution in [0.1, 0.15) is 5.56 Å². The number of hydrogen-bond acceptors (Lipinski definition) is 1. The van der Waals surface area contributed by atoms with Crippen molar-refractivity contribution in [2.45, 2.75) is 6.18 Å². The molecule has 2 N–H and O–H groups in total. The Morgan fingerprint density at radius 1 is 0.889 bits per heavy atom. The van der Waals surface area contributed by atoms with Crippen molar-refractivity contribution >= 4 is 5.69 Å². The molecule has 0 aliphatic heterocycles. The monoisotopic (exact) mass is 255 g/mol. The van der Waals surface area contributed by atoms with Gasteiger partial charge in [0.05, 0.1) is 5.56 Å². The third-order valence-electron chi connectivity index (χ3n) is 2.49. The second-order valence-corrected chi connectivity index (χ2v) is 3.82. The van der Waals surface area contributed by atoms with Crippen molar-refractivity contribution < 1.29 is 17.6 Å². The van der Waals surface area contributed by atoms with E-state index in [4.69, 9.17) is 5.73 Å². The van der Waals surface area contributed by atoms with Gasteiger partial charge in [-0.2, -0.15) is 13.2 Å². The third-order valence-corrected chi connectivity index (χ3v) is 2.49. The van der Waals surface area contributed by atoms with Crippen LogP contribution < -0.4 is 5.73 Å². The Morgan fingerprint density at radius 3 is 2.11 bits per heavy atom. The Hall–Kier alpha value is -2.04. The summed E-state index contributed by atoms with van der Waals surface area (Å²) in [4.78, 5) is 0.